The number of benzene rings is 2. The second-order valence-corrected chi connectivity index (χ2v) is 7.33. The van der Waals surface area contributed by atoms with E-state index >= 15 is 0 Å². The number of hydrogen-bond donors (Lipinski definition) is 0. The monoisotopic (exact) mass is 306 g/mol. The molecule has 0 N–H and O–H groups in total. The van der Waals surface area contributed by atoms with Crippen LogP contribution in [-0.4, -0.2) is 18.7 Å². The van der Waals surface area contributed by atoms with Crippen LogP contribution in [0.15, 0.2) is 48.5 Å². The summed E-state index contributed by atoms with van der Waals surface area (Å²) in [5, 5.41) is 0. The van der Waals surface area contributed by atoms with Crippen molar-refractivity contribution in [2.75, 3.05) is 0 Å². The van der Waals surface area contributed by atoms with Gasteiger partial charge in [0.1, 0.15) is 0 Å². The van der Waals surface area contributed by atoms with Crippen molar-refractivity contribution < 1.29 is 0 Å². The Labute approximate surface area is 114 Å². The fraction of sp³-hybridized carbons (Fsp3) is 0.133. The fourth-order valence-corrected chi connectivity index (χ4v) is 3.65. The topological polar surface area (TPSA) is 0 Å². The van der Waals surface area contributed by atoms with E-state index < -0.39 is 0 Å². The molecule has 0 aliphatic heterocycles. The van der Waals surface area contributed by atoms with Gasteiger partial charge in [0.15, 0.2) is 0 Å². The van der Waals surface area contributed by atoms with E-state index in [2.05, 4.69) is 62.4 Å². The molecule has 2 rings (SSSR count). The first-order chi connectivity index (χ1) is 8.15. The van der Waals surface area contributed by atoms with E-state index in [1.807, 2.05) is 0 Å². The summed E-state index contributed by atoms with van der Waals surface area (Å²) in [6, 6.07) is 17.1. The summed E-state index contributed by atoms with van der Waals surface area (Å²) in [6.45, 7) is 4.20. The van der Waals surface area contributed by atoms with Gasteiger partial charge in [-0.15, -0.1) is 0 Å². The fourth-order valence-electron chi connectivity index (χ4n) is 1.46. The Balaban J connectivity index is 2.11. The van der Waals surface area contributed by atoms with E-state index in [1.165, 1.54) is 21.2 Å². The van der Waals surface area contributed by atoms with E-state index in [4.69, 9.17) is 12.2 Å². The van der Waals surface area contributed by atoms with Gasteiger partial charge in [0.05, 0.1) is 0 Å². The third-order valence-electron chi connectivity index (χ3n) is 2.52. The van der Waals surface area contributed by atoms with Crippen molar-refractivity contribution in [2.24, 2.45) is 0 Å². The molecule has 0 bridgehead atoms. The van der Waals surface area contributed by atoms with Gasteiger partial charge in [0.25, 0.3) is 0 Å². The average molecular weight is 305 g/mol. The molecule has 2 aromatic carbocycles. The van der Waals surface area contributed by atoms with Crippen LogP contribution >= 0.6 is 12.2 Å². The van der Waals surface area contributed by atoms with Gasteiger partial charge < -0.3 is 0 Å². The number of aryl methyl sites for hydroxylation is 2. The van der Waals surface area contributed by atoms with Gasteiger partial charge in [0, 0.05) is 0 Å². The van der Waals surface area contributed by atoms with Crippen molar-refractivity contribution in [3.05, 3.63) is 65.2 Å². The average Bonchev–Trinajstić information content (AvgIpc) is 2.33. The number of thiocarbonyl (C=S) groups is 1. The molecule has 0 nitrogen and oxygen atoms in total. The number of hydrogen-bond acceptors (Lipinski definition) is 1. The Hall–Kier alpha value is -0.951. The van der Waals surface area contributed by atoms with E-state index in [1.54, 1.807) is 0 Å². The Morgan fingerprint density at radius 3 is 1.82 bits per heavy atom. The van der Waals surface area contributed by atoms with E-state index in [0.717, 1.165) is 3.76 Å². The molecular formula is C15H14SSe. The summed E-state index contributed by atoms with van der Waals surface area (Å²) in [5.41, 5.74) is 3.76. The predicted octanol–water partition coefficient (Wildman–Crippen LogP) is 3.01. The van der Waals surface area contributed by atoms with Crippen LogP contribution in [0.4, 0.5) is 0 Å². The molecule has 0 aliphatic rings. The summed E-state index contributed by atoms with van der Waals surface area (Å²) in [7, 11) is 0. The molecule has 86 valence electrons. The van der Waals surface area contributed by atoms with Crippen LogP contribution in [-0.2, 0) is 0 Å². The van der Waals surface area contributed by atoms with Crippen molar-refractivity contribution in [3.8, 4) is 0 Å². The minimum atomic E-state index is 0.248. The Kier molecular flexibility index (Phi) is 4.11. The maximum absolute atomic E-state index is 5.51. The van der Waals surface area contributed by atoms with Crippen molar-refractivity contribution in [1.29, 1.82) is 0 Å². The Morgan fingerprint density at radius 2 is 1.29 bits per heavy atom. The summed E-state index contributed by atoms with van der Waals surface area (Å²) >= 11 is 5.75. The predicted molar refractivity (Wildman–Crippen MR) is 79.4 cm³/mol. The molecule has 0 heterocycles. The molecule has 0 fully saturated rings. The van der Waals surface area contributed by atoms with Crippen molar-refractivity contribution in [2.45, 2.75) is 13.8 Å². The first-order valence-electron chi connectivity index (χ1n) is 5.51. The summed E-state index contributed by atoms with van der Waals surface area (Å²) in [6.07, 6.45) is 0. The van der Waals surface area contributed by atoms with Gasteiger partial charge in [0.2, 0.25) is 0 Å². The molecule has 0 atom stereocenters. The molecule has 0 radical (unpaired) electrons. The zero-order valence-electron chi connectivity index (χ0n) is 9.94. The van der Waals surface area contributed by atoms with Crippen LogP contribution in [0, 0.1) is 13.8 Å². The van der Waals surface area contributed by atoms with E-state index in [0.29, 0.717) is 0 Å². The third kappa shape index (κ3) is 3.50. The molecule has 0 saturated carbocycles. The summed E-state index contributed by atoms with van der Waals surface area (Å²) in [5.74, 6) is 0. The van der Waals surface area contributed by atoms with Crippen molar-refractivity contribution in [3.63, 3.8) is 0 Å². The molecule has 0 spiro atoms. The third-order valence-corrected chi connectivity index (χ3v) is 5.14. The Bertz CT molecular complexity index is 512. The van der Waals surface area contributed by atoms with Crippen LogP contribution in [0.1, 0.15) is 16.7 Å². The summed E-state index contributed by atoms with van der Waals surface area (Å²) < 4.78 is 2.41. The van der Waals surface area contributed by atoms with E-state index in [9.17, 15) is 0 Å². The minimum absolute atomic E-state index is 0.248. The SMILES string of the molecule is Cc1ccc([Se]C(=S)c2ccc(C)cc2)cc1. The molecule has 17 heavy (non-hydrogen) atoms. The Morgan fingerprint density at radius 1 is 0.824 bits per heavy atom. The van der Waals surface area contributed by atoms with Crippen molar-refractivity contribution in [1.82, 2.24) is 0 Å². The molecule has 0 saturated heterocycles. The molecule has 0 unspecified atom stereocenters. The van der Waals surface area contributed by atoms with Gasteiger partial charge in [-0.2, -0.15) is 0 Å². The van der Waals surface area contributed by atoms with Crippen LogP contribution in [0.3, 0.4) is 0 Å². The first kappa shape index (κ1) is 12.5. The van der Waals surface area contributed by atoms with Crippen molar-refractivity contribution >= 4 is 35.4 Å². The maximum atomic E-state index is 5.51. The van der Waals surface area contributed by atoms with Crippen LogP contribution in [0.25, 0.3) is 0 Å². The van der Waals surface area contributed by atoms with Gasteiger partial charge in [-0.1, -0.05) is 0 Å². The molecule has 0 aliphatic carbocycles. The van der Waals surface area contributed by atoms with Gasteiger partial charge >= 0.3 is 114 Å². The molecule has 2 aromatic rings. The zero-order valence-corrected chi connectivity index (χ0v) is 12.5. The van der Waals surface area contributed by atoms with Crippen LogP contribution in [0.5, 0.6) is 0 Å². The van der Waals surface area contributed by atoms with E-state index in [-0.39, 0.29) is 15.0 Å². The van der Waals surface area contributed by atoms with Crippen LogP contribution < -0.4 is 4.46 Å². The van der Waals surface area contributed by atoms with Gasteiger partial charge in [-0.05, 0) is 0 Å². The second kappa shape index (κ2) is 5.59. The molecular weight excluding hydrogens is 291 g/mol. The van der Waals surface area contributed by atoms with Crippen LogP contribution in [0.2, 0.25) is 0 Å². The summed E-state index contributed by atoms with van der Waals surface area (Å²) in [4.78, 5) is 0. The normalized spacial score (nSPS) is 10.2. The van der Waals surface area contributed by atoms with Gasteiger partial charge in [-0.25, -0.2) is 0 Å². The zero-order chi connectivity index (χ0) is 12.3. The number of rotatable bonds is 3. The molecule has 2 heteroatoms. The molecule has 0 aromatic heterocycles. The van der Waals surface area contributed by atoms with Gasteiger partial charge in [-0.3, -0.25) is 0 Å². The standard InChI is InChI=1S/C15H14SSe/c1-11-3-7-13(8-4-11)15(16)17-14-9-5-12(2)6-10-14/h3-10H,1-2H3. The molecule has 0 amide bonds. The first-order valence-corrected chi connectivity index (χ1v) is 7.63. The quantitative estimate of drug-likeness (QED) is 0.620. The second-order valence-electron chi connectivity index (χ2n) is 4.07.